The van der Waals surface area contributed by atoms with Crippen LogP contribution in [0, 0.1) is 6.07 Å². The standard InChI is InChI=1S/C12H15N2.Y/c1-14(2)8-7-10-9-13-12-6-4-3-5-11(10)12;/h4-6,9,13H,7-8H2,1-2H3;/q-1;+3. The minimum absolute atomic E-state index is 0. The summed E-state index contributed by atoms with van der Waals surface area (Å²) in [5.41, 5.74) is 2.59. The predicted molar refractivity (Wildman–Crippen MR) is 59.4 cm³/mol. The fourth-order valence-corrected chi connectivity index (χ4v) is 1.62. The van der Waals surface area contributed by atoms with Crippen molar-refractivity contribution in [1.82, 2.24) is 9.88 Å². The monoisotopic (exact) mass is 276 g/mol. The molecule has 0 atom stereocenters. The topological polar surface area (TPSA) is 19.0 Å². The van der Waals surface area contributed by atoms with Gasteiger partial charge in [-0.2, -0.15) is 18.2 Å². The maximum absolute atomic E-state index is 3.27. The van der Waals surface area contributed by atoms with Crippen LogP contribution in [0.15, 0.2) is 24.4 Å². The Hall–Kier alpha value is -0.176. The number of aromatic amines is 1. The molecular formula is C12H15N2Y+2. The molecule has 0 aliphatic rings. The molecule has 0 aliphatic carbocycles. The van der Waals surface area contributed by atoms with Gasteiger partial charge in [-0.1, -0.05) is 11.1 Å². The van der Waals surface area contributed by atoms with E-state index in [0.717, 1.165) is 13.0 Å². The van der Waals surface area contributed by atoms with Crippen molar-refractivity contribution in [2.24, 2.45) is 0 Å². The van der Waals surface area contributed by atoms with Crippen LogP contribution in [-0.4, -0.2) is 30.5 Å². The molecule has 2 aromatic rings. The van der Waals surface area contributed by atoms with Gasteiger partial charge in [0.1, 0.15) is 0 Å². The van der Waals surface area contributed by atoms with Crippen LogP contribution >= 0.6 is 0 Å². The average Bonchev–Trinajstić information content (AvgIpc) is 2.58. The van der Waals surface area contributed by atoms with Gasteiger partial charge in [-0.15, -0.1) is 11.5 Å². The van der Waals surface area contributed by atoms with Gasteiger partial charge in [0, 0.05) is 6.54 Å². The third-order valence-electron chi connectivity index (χ3n) is 2.44. The van der Waals surface area contributed by atoms with Crippen molar-refractivity contribution < 1.29 is 32.7 Å². The van der Waals surface area contributed by atoms with E-state index in [1.165, 1.54) is 16.5 Å². The summed E-state index contributed by atoms with van der Waals surface area (Å²) in [5.74, 6) is 0. The zero-order valence-corrected chi connectivity index (χ0v) is 12.1. The molecule has 15 heavy (non-hydrogen) atoms. The van der Waals surface area contributed by atoms with E-state index in [1.54, 1.807) is 0 Å². The minimum Gasteiger partial charge on any atom is -0.384 e. The molecule has 0 amide bonds. The molecule has 1 N–H and O–H groups in total. The summed E-state index contributed by atoms with van der Waals surface area (Å²) in [4.78, 5) is 5.47. The second-order valence-electron chi connectivity index (χ2n) is 3.84. The van der Waals surface area contributed by atoms with E-state index in [-0.39, 0.29) is 32.7 Å². The largest absolute Gasteiger partial charge is 3.00 e. The van der Waals surface area contributed by atoms with Crippen LogP contribution in [0.1, 0.15) is 5.56 Å². The van der Waals surface area contributed by atoms with Gasteiger partial charge < -0.3 is 9.88 Å². The molecule has 0 spiro atoms. The first-order valence-electron chi connectivity index (χ1n) is 4.88. The molecule has 0 fully saturated rings. The van der Waals surface area contributed by atoms with E-state index >= 15 is 0 Å². The van der Waals surface area contributed by atoms with E-state index in [0.29, 0.717) is 0 Å². The Kier molecular flexibility index (Phi) is 4.97. The quantitative estimate of drug-likeness (QED) is 0.850. The Morgan fingerprint density at radius 3 is 2.93 bits per heavy atom. The van der Waals surface area contributed by atoms with Crippen molar-refractivity contribution in [3.05, 3.63) is 36.0 Å². The third-order valence-corrected chi connectivity index (χ3v) is 2.44. The molecule has 1 heterocycles. The molecule has 2 rings (SSSR count). The number of hydrogen-bond donors (Lipinski definition) is 1. The summed E-state index contributed by atoms with van der Waals surface area (Å²) in [5, 5.41) is 1.30. The van der Waals surface area contributed by atoms with E-state index in [2.05, 4.69) is 48.4 Å². The molecule has 74 valence electrons. The maximum atomic E-state index is 3.27. The van der Waals surface area contributed by atoms with Crippen molar-refractivity contribution in [1.29, 1.82) is 0 Å². The van der Waals surface area contributed by atoms with Crippen LogP contribution in [0.25, 0.3) is 10.9 Å². The molecule has 1 aromatic carbocycles. The normalized spacial score (nSPS) is 10.6. The van der Waals surface area contributed by atoms with Gasteiger partial charge in [0.15, 0.2) is 0 Å². The fourth-order valence-electron chi connectivity index (χ4n) is 1.62. The third kappa shape index (κ3) is 3.14. The van der Waals surface area contributed by atoms with Crippen LogP contribution in [0.3, 0.4) is 0 Å². The number of fused-ring (bicyclic) bond motifs is 1. The van der Waals surface area contributed by atoms with Gasteiger partial charge >= 0.3 is 32.7 Å². The number of aromatic nitrogens is 1. The van der Waals surface area contributed by atoms with Crippen LogP contribution in [0.4, 0.5) is 0 Å². The Morgan fingerprint density at radius 2 is 2.20 bits per heavy atom. The second kappa shape index (κ2) is 5.78. The zero-order valence-electron chi connectivity index (χ0n) is 9.25. The number of likely N-dealkylation sites (N-methyl/N-ethyl adjacent to an activating group) is 1. The summed E-state index contributed by atoms with van der Waals surface area (Å²) in [6.45, 7) is 1.09. The molecule has 1 aromatic heterocycles. The molecule has 0 radical (unpaired) electrons. The first kappa shape index (κ1) is 12.9. The predicted octanol–water partition coefficient (Wildman–Crippen LogP) is 2.07. The summed E-state index contributed by atoms with van der Waals surface area (Å²) < 4.78 is 0. The van der Waals surface area contributed by atoms with Crippen molar-refractivity contribution in [3.63, 3.8) is 0 Å². The van der Waals surface area contributed by atoms with Crippen molar-refractivity contribution in [3.8, 4) is 0 Å². The van der Waals surface area contributed by atoms with Gasteiger partial charge in [-0.3, -0.25) is 0 Å². The molecule has 0 aliphatic heterocycles. The van der Waals surface area contributed by atoms with Crippen LogP contribution in [0.2, 0.25) is 0 Å². The fraction of sp³-hybridized carbons (Fsp3) is 0.333. The van der Waals surface area contributed by atoms with Crippen molar-refractivity contribution in [2.75, 3.05) is 20.6 Å². The second-order valence-corrected chi connectivity index (χ2v) is 3.84. The molecular weight excluding hydrogens is 261 g/mol. The average molecular weight is 276 g/mol. The number of nitrogens with zero attached hydrogens (tertiary/aromatic N) is 1. The van der Waals surface area contributed by atoms with E-state index in [9.17, 15) is 0 Å². The number of hydrogen-bond acceptors (Lipinski definition) is 1. The molecule has 2 nitrogen and oxygen atoms in total. The molecule has 0 unspecified atom stereocenters. The van der Waals surface area contributed by atoms with E-state index in [1.807, 2.05) is 6.07 Å². The number of H-pyrrole nitrogens is 1. The van der Waals surface area contributed by atoms with E-state index < -0.39 is 0 Å². The maximum Gasteiger partial charge on any atom is 3.00 e. The van der Waals surface area contributed by atoms with Crippen LogP contribution in [0.5, 0.6) is 0 Å². The Morgan fingerprint density at radius 1 is 1.40 bits per heavy atom. The van der Waals surface area contributed by atoms with E-state index in [4.69, 9.17) is 0 Å². The summed E-state index contributed by atoms with van der Waals surface area (Å²) in [6, 6.07) is 9.17. The first-order chi connectivity index (χ1) is 6.77. The number of nitrogens with one attached hydrogen (secondary N) is 1. The number of rotatable bonds is 3. The van der Waals surface area contributed by atoms with Gasteiger partial charge in [-0.25, -0.2) is 0 Å². The van der Waals surface area contributed by atoms with Crippen molar-refractivity contribution >= 4 is 10.9 Å². The molecule has 0 bridgehead atoms. The first-order valence-corrected chi connectivity index (χ1v) is 4.88. The van der Waals surface area contributed by atoms with Gasteiger partial charge in [0.2, 0.25) is 0 Å². The van der Waals surface area contributed by atoms with Gasteiger partial charge in [0.25, 0.3) is 0 Å². The SMILES string of the molecule is CN(C)CCc1c[nH]c2cc[c-]cc12.[Y+3]. The Bertz CT molecular complexity index is 420. The molecule has 0 saturated heterocycles. The Balaban J connectivity index is 0.00000112. The Labute approximate surface area is 116 Å². The van der Waals surface area contributed by atoms with Crippen LogP contribution in [-0.2, 0) is 39.1 Å². The zero-order chi connectivity index (χ0) is 9.97. The number of benzene rings is 1. The summed E-state index contributed by atoms with van der Waals surface area (Å²) in [6.07, 6.45) is 3.19. The van der Waals surface area contributed by atoms with Crippen molar-refractivity contribution in [2.45, 2.75) is 6.42 Å². The molecule has 0 saturated carbocycles. The van der Waals surface area contributed by atoms with Gasteiger partial charge in [0.05, 0.1) is 0 Å². The van der Waals surface area contributed by atoms with Crippen LogP contribution < -0.4 is 0 Å². The summed E-state index contributed by atoms with van der Waals surface area (Å²) >= 11 is 0. The summed E-state index contributed by atoms with van der Waals surface area (Å²) in [7, 11) is 4.20. The smallest absolute Gasteiger partial charge is 0.384 e. The van der Waals surface area contributed by atoms with Gasteiger partial charge in [-0.05, 0) is 26.7 Å². The molecule has 3 heteroatoms. The minimum atomic E-state index is 0.